The van der Waals surface area contributed by atoms with E-state index < -0.39 is 14.6 Å². The first kappa shape index (κ1) is 27.3. The zero-order valence-electron chi connectivity index (χ0n) is 20.9. The SMILES string of the molecule is Cc1c(C)c(C(=O)NC(C)C)c(C)c(C)c1CC(=O)CCCCCS(=O)(=O)C(C)(C)C. The number of carbonyl (C=O) groups is 2. The van der Waals surface area contributed by atoms with Crippen LogP contribution in [0.3, 0.4) is 0 Å². The summed E-state index contributed by atoms with van der Waals surface area (Å²) in [5.74, 6) is 0.253. The molecule has 0 saturated heterocycles. The van der Waals surface area contributed by atoms with Crippen LogP contribution in [-0.4, -0.2) is 36.6 Å². The third kappa shape index (κ3) is 7.16. The molecule has 0 aliphatic carbocycles. The summed E-state index contributed by atoms with van der Waals surface area (Å²) in [4.78, 5) is 25.3. The van der Waals surface area contributed by atoms with Crippen LogP contribution < -0.4 is 5.32 Å². The van der Waals surface area contributed by atoms with E-state index in [4.69, 9.17) is 0 Å². The number of hydrogen-bond acceptors (Lipinski definition) is 4. The van der Waals surface area contributed by atoms with Gasteiger partial charge in [0.25, 0.3) is 5.91 Å². The molecule has 0 aliphatic heterocycles. The van der Waals surface area contributed by atoms with Gasteiger partial charge in [-0.1, -0.05) is 6.42 Å². The predicted molar refractivity (Wildman–Crippen MR) is 129 cm³/mol. The highest BCUT2D eigenvalue weighted by Gasteiger charge is 2.28. The van der Waals surface area contributed by atoms with E-state index in [2.05, 4.69) is 5.32 Å². The van der Waals surface area contributed by atoms with Gasteiger partial charge in [-0.05, 0) is 103 Å². The molecule has 0 aliphatic rings. The lowest BCUT2D eigenvalue weighted by atomic mass is 9.86. The van der Waals surface area contributed by atoms with Gasteiger partial charge in [-0.25, -0.2) is 8.42 Å². The predicted octanol–water partition coefficient (Wildman–Crippen LogP) is 4.94. The van der Waals surface area contributed by atoms with E-state index in [1.54, 1.807) is 20.8 Å². The number of carbonyl (C=O) groups excluding carboxylic acids is 2. The summed E-state index contributed by atoms with van der Waals surface area (Å²) in [6.07, 6.45) is 2.81. The van der Waals surface area contributed by atoms with Gasteiger partial charge in [0.2, 0.25) is 0 Å². The number of hydrogen-bond donors (Lipinski definition) is 1. The lowest BCUT2D eigenvalue weighted by Gasteiger charge is -2.21. The summed E-state index contributed by atoms with van der Waals surface area (Å²) in [7, 11) is -3.10. The van der Waals surface area contributed by atoms with Gasteiger partial charge in [-0.15, -0.1) is 0 Å². The Morgan fingerprint density at radius 1 is 0.871 bits per heavy atom. The third-order valence-electron chi connectivity index (χ3n) is 6.10. The van der Waals surface area contributed by atoms with E-state index in [1.807, 2.05) is 41.5 Å². The highest BCUT2D eigenvalue weighted by molar-refractivity contribution is 7.92. The maximum atomic E-state index is 12.6. The number of sulfone groups is 1. The molecule has 0 aromatic heterocycles. The van der Waals surface area contributed by atoms with E-state index in [1.165, 1.54) is 0 Å². The van der Waals surface area contributed by atoms with Crippen molar-refractivity contribution in [2.75, 3.05) is 5.75 Å². The summed E-state index contributed by atoms with van der Waals surface area (Å²) in [6.45, 7) is 16.9. The molecule has 1 amide bonds. The van der Waals surface area contributed by atoms with E-state index in [0.717, 1.165) is 34.2 Å². The van der Waals surface area contributed by atoms with Crippen molar-refractivity contribution in [3.63, 3.8) is 0 Å². The smallest absolute Gasteiger partial charge is 0.252 e. The van der Waals surface area contributed by atoms with Crippen LogP contribution >= 0.6 is 0 Å². The van der Waals surface area contributed by atoms with Crippen LogP contribution in [0.15, 0.2) is 0 Å². The van der Waals surface area contributed by atoms with Crippen LogP contribution in [0.2, 0.25) is 0 Å². The van der Waals surface area contributed by atoms with Crippen LogP contribution in [-0.2, 0) is 21.1 Å². The molecule has 0 heterocycles. The zero-order chi connectivity index (χ0) is 24.1. The molecule has 1 aromatic rings. The van der Waals surface area contributed by atoms with Gasteiger partial charge in [-0.3, -0.25) is 9.59 Å². The molecule has 0 bridgehead atoms. The number of Topliss-reactive ketones (excluding diaryl/α,β-unsaturated/α-hetero) is 1. The van der Waals surface area contributed by atoms with Crippen LogP contribution in [0.5, 0.6) is 0 Å². The molecule has 0 saturated carbocycles. The minimum absolute atomic E-state index is 0.0616. The van der Waals surface area contributed by atoms with Crippen molar-refractivity contribution < 1.29 is 18.0 Å². The molecular weight excluding hydrogens is 410 g/mol. The minimum atomic E-state index is -3.10. The number of benzene rings is 1. The monoisotopic (exact) mass is 451 g/mol. The van der Waals surface area contributed by atoms with Crippen LogP contribution in [0.25, 0.3) is 0 Å². The second kappa shape index (κ2) is 10.8. The lowest BCUT2D eigenvalue weighted by molar-refractivity contribution is -0.118. The van der Waals surface area contributed by atoms with Crippen molar-refractivity contribution in [2.45, 2.75) is 105 Å². The van der Waals surface area contributed by atoms with Gasteiger partial charge >= 0.3 is 0 Å². The topological polar surface area (TPSA) is 80.3 Å². The molecule has 1 aromatic carbocycles. The Balaban J connectivity index is 2.79. The molecule has 1 rings (SSSR count). The number of rotatable bonds is 10. The van der Waals surface area contributed by atoms with Crippen molar-refractivity contribution in [1.29, 1.82) is 0 Å². The first-order valence-corrected chi connectivity index (χ1v) is 12.9. The lowest BCUT2D eigenvalue weighted by Crippen LogP contribution is -2.31. The molecule has 0 spiro atoms. The molecule has 0 unspecified atom stereocenters. The number of amides is 1. The van der Waals surface area contributed by atoms with Gasteiger partial charge in [0.15, 0.2) is 9.84 Å². The van der Waals surface area contributed by atoms with Crippen molar-refractivity contribution >= 4 is 21.5 Å². The van der Waals surface area contributed by atoms with Crippen molar-refractivity contribution in [1.82, 2.24) is 5.32 Å². The second-order valence-corrected chi connectivity index (χ2v) is 12.8. The summed E-state index contributed by atoms with van der Waals surface area (Å²) < 4.78 is 23.6. The molecular formula is C25H41NO4S. The second-order valence-electron chi connectivity index (χ2n) is 9.94. The van der Waals surface area contributed by atoms with E-state index in [9.17, 15) is 18.0 Å². The molecule has 1 N–H and O–H groups in total. The summed E-state index contributed by atoms with van der Waals surface area (Å²) in [5.41, 5.74) is 5.58. The average molecular weight is 452 g/mol. The molecule has 5 nitrogen and oxygen atoms in total. The number of nitrogens with one attached hydrogen (secondary N) is 1. The van der Waals surface area contributed by atoms with Gasteiger partial charge in [-0.2, -0.15) is 0 Å². The number of ketones is 1. The molecule has 31 heavy (non-hydrogen) atoms. The Morgan fingerprint density at radius 2 is 1.39 bits per heavy atom. The standard InChI is InChI=1S/C25H41NO4S/c1-16(2)26-24(28)23-19(5)17(3)22(18(4)20(23)6)15-21(27)13-11-10-12-14-31(29,30)25(7,8)9/h16H,10-15H2,1-9H3,(H,26,28). The summed E-state index contributed by atoms with van der Waals surface area (Å²) >= 11 is 0. The Bertz CT molecular complexity index is 893. The first-order valence-electron chi connectivity index (χ1n) is 11.2. The Kier molecular flexibility index (Phi) is 9.49. The molecule has 176 valence electrons. The van der Waals surface area contributed by atoms with Gasteiger partial charge in [0.1, 0.15) is 5.78 Å². The van der Waals surface area contributed by atoms with Crippen molar-refractivity contribution in [3.05, 3.63) is 33.4 Å². The van der Waals surface area contributed by atoms with Crippen LogP contribution in [0, 0.1) is 27.7 Å². The van der Waals surface area contributed by atoms with E-state index in [0.29, 0.717) is 31.2 Å². The van der Waals surface area contributed by atoms with E-state index in [-0.39, 0.29) is 23.5 Å². The zero-order valence-corrected chi connectivity index (χ0v) is 21.7. The average Bonchev–Trinajstić information content (AvgIpc) is 2.62. The quantitative estimate of drug-likeness (QED) is 0.511. The van der Waals surface area contributed by atoms with Gasteiger partial charge in [0.05, 0.1) is 10.5 Å². The highest BCUT2D eigenvalue weighted by atomic mass is 32.2. The fourth-order valence-electron chi connectivity index (χ4n) is 3.71. The fraction of sp³-hybridized carbons (Fsp3) is 0.680. The molecule has 0 radical (unpaired) electrons. The third-order valence-corrected chi connectivity index (χ3v) is 8.79. The van der Waals surface area contributed by atoms with Crippen molar-refractivity contribution in [2.24, 2.45) is 0 Å². The first-order chi connectivity index (χ1) is 14.1. The maximum absolute atomic E-state index is 12.6. The summed E-state index contributed by atoms with van der Waals surface area (Å²) in [5, 5.41) is 2.97. The molecule has 0 fully saturated rings. The van der Waals surface area contributed by atoms with Gasteiger partial charge in [0, 0.05) is 24.4 Å². The maximum Gasteiger partial charge on any atom is 0.252 e. The Morgan fingerprint density at radius 3 is 1.84 bits per heavy atom. The highest BCUT2D eigenvalue weighted by Crippen LogP contribution is 2.28. The van der Waals surface area contributed by atoms with Crippen molar-refractivity contribution in [3.8, 4) is 0 Å². The van der Waals surface area contributed by atoms with Crippen LogP contribution in [0.1, 0.15) is 98.5 Å². The number of unbranched alkanes of at least 4 members (excludes halogenated alkanes) is 2. The minimum Gasteiger partial charge on any atom is -0.350 e. The molecule has 0 atom stereocenters. The fourth-order valence-corrected chi connectivity index (χ4v) is 4.91. The Labute approximate surface area is 189 Å². The summed E-state index contributed by atoms with van der Waals surface area (Å²) in [6, 6.07) is 0.0616. The molecule has 6 heteroatoms. The van der Waals surface area contributed by atoms with E-state index >= 15 is 0 Å². The Hall–Kier alpha value is -1.69. The normalized spacial score (nSPS) is 12.3. The van der Waals surface area contributed by atoms with Crippen LogP contribution in [0.4, 0.5) is 0 Å². The largest absolute Gasteiger partial charge is 0.350 e. The van der Waals surface area contributed by atoms with Gasteiger partial charge < -0.3 is 5.32 Å².